The van der Waals surface area contributed by atoms with Crippen LogP contribution in [0.2, 0.25) is 0 Å². The normalized spacial score (nSPS) is 19.4. The molecule has 1 N–H and O–H groups in total. The molecule has 1 aromatic carbocycles. The van der Waals surface area contributed by atoms with E-state index in [1.165, 1.54) is 5.56 Å². The number of benzene rings is 1. The number of Topliss-reactive ketones (excluding diaryl/α,β-unsaturated/α-hetero) is 1. The fraction of sp³-hybridized carbons (Fsp3) is 0.579. The van der Waals surface area contributed by atoms with Gasteiger partial charge in [-0.25, -0.2) is 0 Å². The fourth-order valence-corrected chi connectivity index (χ4v) is 4.31. The molecule has 1 fully saturated rings. The molecule has 0 bridgehead atoms. The lowest BCUT2D eigenvalue weighted by atomic mass is 9.77. The van der Waals surface area contributed by atoms with Crippen LogP contribution in [-0.2, 0) is 43.4 Å². The highest BCUT2D eigenvalue weighted by atomic mass is 32.2. The molecule has 2 rings (SSSR count). The summed E-state index contributed by atoms with van der Waals surface area (Å²) in [6.07, 6.45) is 5.08. The number of hydrogen-bond donors (Lipinski definition) is 1. The number of ketones is 1. The summed E-state index contributed by atoms with van der Waals surface area (Å²) < 4.78 is 41.0. The zero-order valence-electron chi connectivity index (χ0n) is 18.0. The van der Waals surface area contributed by atoms with E-state index in [2.05, 4.69) is 20.0 Å². The second-order valence-electron chi connectivity index (χ2n) is 7.74. The van der Waals surface area contributed by atoms with Crippen LogP contribution in [0.3, 0.4) is 0 Å². The molecule has 0 aromatic heterocycles. The second kappa shape index (κ2) is 11.2. The molecule has 2 atom stereocenters. The zero-order valence-corrected chi connectivity index (χ0v) is 18.8. The Morgan fingerprint density at radius 1 is 1.00 bits per heavy atom. The van der Waals surface area contributed by atoms with Crippen molar-refractivity contribution in [3.05, 3.63) is 28.8 Å². The Labute approximate surface area is 181 Å². The lowest BCUT2D eigenvalue weighted by Crippen LogP contribution is -2.37. The number of carbonyl (C=O) groups excluding carboxylic acids is 2. The van der Waals surface area contributed by atoms with E-state index >= 15 is 0 Å². The van der Waals surface area contributed by atoms with Gasteiger partial charge in [-0.1, -0.05) is 49.5 Å². The minimum Gasteiger partial charge on any atom is -0.426 e. The van der Waals surface area contributed by atoms with Crippen LogP contribution in [0, 0.1) is 11.8 Å². The minimum absolute atomic E-state index is 0.340. The molecule has 11 heteroatoms. The van der Waals surface area contributed by atoms with E-state index in [4.69, 9.17) is 14.0 Å². The summed E-state index contributed by atoms with van der Waals surface area (Å²) in [5, 5.41) is 0. The maximum atomic E-state index is 13.1. The van der Waals surface area contributed by atoms with E-state index < -0.39 is 40.5 Å². The van der Waals surface area contributed by atoms with E-state index in [0.29, 0.717) is 18.6 Å². The molecule has 1 aliphatic carbocycles. The highest BCUT2D eigenvalue weighted by Gasteiger charge is 2.37. The lowest BCUT2D eigenvalue weighted by Gasteiger charge is -2.29. The summed E-state index contributed by atoms with van der Waals surface area (Å²) in [6.45, 7) is -0.458. The molecule has 1 aliphatic rings. The first-order valence-corrected chi connectivity index (χ1v) is 12.2. The molecule has 0 radical (unpaired) electrons. The van der Waals surface area contributed by atoms with Gasteiger partial charge in [0.15, 0.2) is 11.7 Å². The zero-order chi connectivity index (χ0) is 22.3. The molecule has 1 saturated carbocycles. The smallest absolute Gasteiger partial charge is 0.315 e. The van der Waals surface area contributed by atoms with E-state index in [-0.39, 0.29) is 5.78 Å². The summed E-state index contributed by atoms with van der Waals surface area (Å²) in [6, 6.07) is 4.13. The Hall–Kier alpha value is -1.58. The number of hydrogen-bond acceptors (Lipinski definition) is 6. The van der Waals surface area contributed by atoms with E-state index in [0.717, 1.165) is 42.9 Å². The number of ether oxygens (including phenoxy) is 2. The molecule has 1 aromatic rings. The van der Waals surface area contributed by atoms with Crippen molar-refractivity contribution in [3.8, 4) is 5.75 Å². The fourth-order valence-electron chi connectivity index (χ4n) is 4.02. The summed E-state index contributed by atoms with van der Waals surface area (Å²) in [7, 11) is 1.81. The largest absolute Gasteiger partial charge is 0.426 e. The Kier molecular flexibility index (Phi) is 9.19. The van der Waals surface area contributed by atoms with Crippen LogP contribution in [0.25, 0.3) is 0 Å². The molecule has 0 heterocycles. The number of rotatable bonds is 10. The van der Waals surface area contributed by atoms with Gasteiger partial charge in [-0.3, -0.25) is 14.1 Å². The predicted molar refractivity (Wildman–Crippen MR) is 122 cm³/mol. The summed E-state index contributed by atoms with van der Waals surface area (Å²) in [5.74, 6) is -2.26. The van der Waals surface area contributed by atoms with Gasteiger partial charge in [0.05, 0.1) is 5.92 Å². The molecule has 7 nitrogen and oxygen atoms in total. The Bertz CT molecular complexity index is 848. The van der Waals surface area contributed by atoms with Gasteiger partial charge in [-0.05, 0) is 24.0 Å². The molecule has 0 aliphatic heterocycles. The first-order chi connectivity index (χ1) is 14.2. The third-order valence-corrected chi connectivity index (χ3v) is 6.10. The van der Waals surface area contributed by atoms with Crippen molar-refractivity contribution in [3.63, 3.8) is 0 Å². The number of esters is 1. The third-order valence-electron chi connectivity index (χ3n) is 5.63. The van der Waals surface area contributed by atoms with E-state index in [9.17, 15) is 18.0 Å². The molecule has 0 saturated heterocycles. The molecular formula is C19H29B3O7S. The predicted octanol–water partition coefficient (Wildman–Crippen LogP) is -0.771. The van der Waals surface area contributed by atoms with Crippen molar-refractivity contribution < 1.29 is 32.0 Å². The van der Waals surface area contributed by atoms with Crippen LogP contribution in [0.15, 0.2) is 12.1 Å². The first kappa shape index (κ1) is 24.7. The number of carbonyl (C=O) groups is 2. The standard InChI is InChI=1S/C19H29B3O7S/c20-7-12-5-13(8-21)18(14(6-12)9-22)29-19(24)16-4-2-1-3-15(16)17(23)10-28-11-30(25,26)27/h5-6,15-16H,1-4,7-11,20-22H2,(H,25,26,27). The van der Waals surface area contributed by atoms with Gasteiger partial charge in [0.25, 0.3) is 10.1 Å². The Morgan fingerprint density at radius 2 is 1.57 bits per heavy atom. The maximum absolute atomic E-state index is 13.1. The van der Waals surface area contributed by atoms with Crippen LogP contribution in [0.4, 0.5) is 0 Å². The molecular weight excluding hydrogens is 405 g/mol. The van der Waals surface area contributed by atoms with Crippen LogP contribution < -0.4 is 4.74 Å². The SMILES string of the molecule is BCc1cc(CB)c(OC(=O)C2CCCCC2C(=O)COCS(=O)(=O)O)c(CB)c1. The third kappa shape index (κ3) is 6.72. The summed E-state index contributed by atoms with van der Waals surface area (Å²) >= 11 is 0. The van der Waals surface area contributed by atoms with Gasteiger partial charge >= 0.3 is 5.97 Å². The van der Waals surface area contributed by atoms with Crippen molar-refractivity contribution in [1.82, 2.24) is 0 Å². The van der Waals surface area contributed by atoms with Gasteiger partial charge in [-0.2, -0.15) is 8.42 Å². The van der Waals surface area contributed by atoms with Crippen LogP contribution >= 0.6 is 0 Å². The Balaban J connectivity index is 2.17. The van der Waals surface area contributed by atoms with Gasteiger partial charge in [0.1, 0.15) is 35.9 Å². The molecule has 162 valence electrons. The van der Waals surface area contributed by atoms with Crippen molar-refractivity contribution in [2.75, 3.05) is 12.5 Å². The lowest BCUT2D eigenvalue weighted by molar-refractivity contribution is -0.147. The van der Waals surface area contributed by atoms with Crippen LogP contribution in [0.1, 0.15) is 42.4 Å². The van der Waals surface area contributed by atoms with Gasteiger partial charge < -0.3 is 9.47 Å². The van der Waals surface area contributed by atoms with E-state index in [1.807, 2.05) is 15.7 Å². The van der Waals surface area contributed by atoms with Crippen LogP contribution in [0.5, 0.6) is 5.75 Å². The van der Waals surface area contributed by atoms with E-state index in [1.54, 1.807) is 0 Å². The molecule has 0 amide bonds. The minimum atomic E-state index is -4.31. The summed E-state index contributed by atoms with van der Waals surface area (Å²) in [4.78, 5) is 25.6. The van der Waals surface area contributed by atoms with Crippen molar-refractivity contribution in [1.29, 1.82) is 0 Å². The first-order valence-electron chi connectivity index (χ1n) is 10.6. The average Bonchev–Trinajstić information content (AvgIpc) is 2.72. The highest BCUT2D eigenvalue weighted by Crippen LogP contribution is 2.34. The monoisotopic (exact) mass is 434 g/mol. The molecule has 30 heavy (non-hydrogen) atoms. The maximum Gasteiger partial charge on any atom is 0.315 e. The molecule has 0 spiro atoms. The van der Waals surface area contributed by atoms with Crippen molar-refractivity contribution >= 4 is 45.4 Å². The van der Waals surface area contributed by atoms with Crippen molar-refractivity contribution in [2.45, 2.75) is 44.6 Å². The van der Waals surface area contributed by atoms with Crippen molar-refractivity contribution in [2.24, 2.45) is 11.8 Å². The average molecular weight is 434 g/mol. The van der Waals surface area contributed by atoms with Gasteiger partial charge in [0.2, 0.25) is 0 Å². The Morgan fingerprint density at radius 3 is 2.07 bits per heavy atom. The van der Waals surface area contributed by atoms with Crippen LogP contribution in [-0.4, -0.2) is 60.8 Å². The van der Waals surface area contributed by atoms with Gasteiger partial charge in [0, 0.05) is 5.92 Å². The molecule has 2 unspecified atom stereocenters. The highest BCUT2D eigenvalue weighted by molar-refractivity contribution is 7.85. The quantitative estimate of drug-likeness (QED) is 0.223. The van der Waals surface area contributed by atoms with Gasteiger partial charge in [-0.15, -0.1) is 0 Å². The summed E-state index contributed by atoms with van der Waals surface area (Å²) in [5.41, 5.74) is 3.16. The second-order valence-corrected chi connectivity index (χ2v) is 9.14. The topological polar surface area (TPSA) is 107 Å².